The number of hydrogen-bond donors (Lipinski definition) is 1. The highest BCUT2D eigenvalue weighted by atomic mass is 16.2. The number of benzene rings is 1. The van der Waals surface area contributed by atoms with Crippen LogP contribution in [0.4, 0.5) is 4.79 Å². The Morgan fingerprint density at radius 3 is 3.05 bits per heavy atom. The van der Waals surface area contributed by atoms with Crippen LogP contribution in [0.3, 0.4) is 0 Å². The second-order valence-electron chi connectivity index (χ2n) is 5.71. The third-order valence-electron chi connectivity index (χ3n) is 4.31. The minimum atomic E-state index is 0.149. The molecule has 1 atom stereocenters. The second kappa shape index (κ2) is 5.00. The number of urea groups is 1. The van der Waals surface area contributed by atoms with Gasteiger partial charge in [-0.1, -0.05) is 24.3 Å². The molecular formula is C16H18N4O. The van der Waals surface area contributed by atoms with E-state index in [2.05, 4.69) is 22.4 Å². The van der Waals surface area contributed by atoms with Crippen molar-refractivity contribution >= 4 is 16.9 Å². The number of nitrogens with zero attached hydrogens (tertiary/aromatic N) is 3. The molecule has 1 N–H and O–H groups in total. The molecule has 2 fully saturated rings. The zero-order chi connectivity index (χ0) is 14.2. The van der Waals surface area contributed by atoms with Crippen molar-refractivity contribution in [3.63, 3.8) is 0 Å². The van der Waals surface area contributed by atoms with Gasteiger partial charge in [0, 0.05) is 31.6 Å². The Morgan fingerprint density at radius 1 is 1.24 bits per heavy atom. The maximum absolute atomic E-state index is 12.4. The molecule has 108 valence electrons. The number of piperazine rings is 1. The summed E-state index contributed by atoms with van der Waals surface area (Å²) in [6.45, 7) is 3.99. The summed E-state index contributed by atoms with van der Waals surface area (Å²) in [5.41, 5.74) is 1.94. The van der Waals surface area contributed by atoms with Crippen LogP contribution in [0.15, 0.2) is 36.4 Å². The highest BCUT2D eigenvalue weighted by molar-refractivity contribution is 5.79. The highest BCUT2D eigenvalue weighted by Crippen LogP contribution is 2.20. The second-order valence-corrected chi connectivity index (χ2v) is 5.71. The zero-order valence-corrected chi connectivity index (χ0v) is 11.8. The van der Waals surface area contributed by atoms with Crippen molar-refractivity contribution in [1.82, 2.24) is 20.1 Å². The van der Waals surface area contributed by atoms with Crippen molar-refractivity contribution in [3.8, 4) is 0 Å². The molecule has 5 nitrogen and oxygen atoms in total. The molecule has 3 heterocycles. The fourth-order valence-electron chi connectivity index (χ4n) is 3.21. The number of amides is 2. The fourth-order valence-corrected chi connectivity index (χ4v) is 3.21. The van der Waals surface area contributed by atoms with Crippen LogP contribution in [-0.2, 0) is 6.54 Å². The lowest BCUT2D eigenvalue weighted by atomic mass is 10.2. The van der Waals surface area contributed by atoms with Crippen LogP contribution in [0.1, 0.15) is 5.69 Å². The van der Waals surface area contributed by atoms with Crippen molar-refractivity contribution in [2.24, 2.45) is 0 Å². The Hall–Kier alpha value is -2.14. The first-order valence-electron chi connectivity index (χ1n) is 7.42. The number of rotatable bonds is 2. The number of nitrogens with one attached hydrogen (secondary N) is 1. The van der Waals surface area contributed by atoms with Gasteiger partial charge in [-0.2, -0.15) is 0 Å². The van der Waals surface area contributed by atoms with E-state index in [4.69, 9.17) is 0 Å². The third kappa shape index (κ3) is 2.23. The minimum Gasteiger partial charge on any atom is -0.317 e. The van der Waals surface area contributed by atoms with Crippen LogP contribution in [-0.4, -0.2) is 53.0 Å². The SMILES string of the molecule is O=C1N(Cc2ccc3ccccc3n2)CC2CNCCN12. The average molecular weight is 282 g/mol. The summed E-state index contributed by atoms with van der Waals surface area (Å²) in [6.07, 6.45) is 0. The van der Waals surface area contributed by atoms with Crippen molar-refractivity contribution in [1.29, 1.82) is 0 Å². The zero-order valence-electron chi connectivity index (χ0n) is 11.8. The molecule has 0 saturated carbocycles. The van der Waals surface area contributed by atoms with Crippen molar-refractivity contribution in [3.05, 3.63) is 42.1 Å². The molecular weight excluding hydrogens is 264 g/mol. The van der Waals surface area contributed by atoms with Gasteiger partial charge in [-0.3, -0.25) is 4.98 Å². The predicted molar refractivity (Wildman–Crippen MR) is 80.9 cm³/mol. The Kier molecular flexibility index (Phi) is 3.00. The van der Waals surface area contributed by atoms with E-state index in [0.717, 1.165) is 42.8 Å². The lowest BCUT2D eigenvalue weighted by Crippen LogP contribution is -2.49. The van der Waals surface area contributed by atoms with E-state index in [1.165, 1.54) is 0 Å². The molecule has 4 rings (SSSR count). The van der Waals surface area contributed by atoms with E-state index in [1.807, 2.05) is 34.1 Å². The number of fused-ring (bicyclic) bond motifs is 2. The first-order chi connectivity index (χ1) is 10.3. The molecule has 0 spiro atoms. The topological polar surface area (TPSA) is 48.5 Å². The third-order valence-corrected chi connectivity index (χ3v) is 4.31. The molecule has 1 unspecified atom stereocenters. The van der Waals surface area contributed by atoms with E-state index in [0.29, 0.717) is 12.6 Å². The highest BCUT2D eigenvalue weighted by Gasteiger charge is 2.38. The number of hydrogen-bond acceptors (Lipinski definition) is 3. The molecule has 2 saturated heterocycles. The van der Waals surface area contributed by atoms with Gasteiger partial charge in [-0.25, -0.2) is 4.79 Å². The molecule has 2 aliphatic rings. The summed E-state index contributed by atoms with van der Waals surface area (Å²) in [5.74, 6) is 0. The van der Waals surface area contributed by atoms with Gasteiger partial charge < -0.3 is 15.1 Å². The summed E-state index contributed by atoms with van der Waals surface area (Å²) in [5, 5.41) is 4.48. The van der Waals surface area contributed by atoms with Gasteiger partial charge in [0.2, 0.25) is 0 Å². The van der Waals surface area contributed by atoms with Crippen LogP contribution in [0, 0.1) is 0 Å². The van der Waals surface area contributed by atoms with E-state index in [1.54, 1.807) is 0 Å². The van der Waals surface area contributed by atoms with Crippen LogP contribution < -0.4 is 5.32 Å². The van der Waals surface area contributed by atoms with Crippen molar-refractivity contribution in [2.75, 3.05) is 26.2 Å². The fraction of sp³-hybridized carbons (Fsp3) is 0.375. The molecule has 1 aromatic heterocycles. The van der Waals surface area contributed by atoms with Crippen LogP contribution in [0.25, 0.3) is 10.9 Å². The number of carbonyl (C=O) groups is 1. The van der Waals surface area contributed by atoms with Crippen LogP contribution in [0.5, 0.6) is 0 Å². The quantitative estimate of drug-likeness (QED) is 0.907. The van der Waals surface area contributed by atoms with Gasteiger partial charge in [0.1, 0.15) is 0 Å². The van der Waals surface area contributed by atoms with Gasteiger partial charge in [0.15, 0.2) is 0 Å². The lowest BCUT2D eigenvalue weighted by Gasteiger charge is -2.28. The van der Waals surface area contributed by atoms with Crippen LogP contribution in [0.2, 0.25) is 0 Å². The number of pyridine rings is 1. The molecule has 0 bridgehead atoms. The lowest BCUT2D eigenvalue weighted by molar-refractivity contribution is 0.178. The van der Waals surface area contributed by atoms with E-state index < -0.39 is 0 Å². The first kappa shape index (κ1) is 12.6. The predicted octanol–water partition coefficient (Wildman–Crippen LogP) is 1.44. The maximum Gasteiger partial charge on any atom is 0.320 e. The monoisotopic (exact) mass is 282 g/mol. The van der Waals surface area contributed by atoms with E-state index in [9.17, 15) is 4.79 Å². The van der Waals surface area contributed by atoms with Gasteiger partial charge in [-0.05, 0) is 12.1 Å². The summed E-state index contributed by atoms with van der Waals surface area (Å²) in [7, 11) is 0. The molecule has 1 aromatic carbocycles. The standard InChI is InChI=1S/C16H18N4O/c21-16-19(11-14-9-17-7-8-20(14)16)10-13-6-5-12-3-1-2-4-15(12)18-13/h1-6,14,17H,7-11H2. The largest absolute Gasteiger partial charge is 0.320 e. The molecule has 0 radical (unpaired) electrons. The molecule has 2 aliphatic heterocycles. The molecule has 2 amide bonds. The van der Waals surface area contributed by atoms with Crippen molar-refractivity contribution in [2.45, 2.75) is 12.6 Å². The summed E-state index contributed by atoms with van der Waals surface area (Å²) >= 11 is 0. The van der Waals surface area contributed by atoms with E-state index in [-0.39, 0.29) is 6.03 Å². The molecule has 0 aliphatic carbocycles. The smallest absolute Gasteiger partial charge is 0.317 e. The Labute approximate surface area is 123 Å². The summed E-state index contributed by atoms with van der Waals surface area (Å²) in [6, 6.07) is 12.6. The average Bonchev–Trinajstić information content (AvgIpc) is 2.84. The first-order valence-corrected chi connectivity index (χ1v) is 7.42. The Balaban J connectivity index is 1.55. The van der Waals surface area contributed by atoms with Gasteiger partial charge >= 0.3 is 6.03 Å². The normalized spacial score (nSPS) is 21.9. The molecule has 21 heavy (non-hydrogen) atoms. The number of aromatic nitrogens is 1. The van der Waals surface area contributed by atoms with Crippen molar-refractivity contribution < 1.29 is 4.79 Å². The van der Waals surface area contributed by atoms with Gasteiger partial charge in [0.25, 0.3) is 0 Å². The number of para-hydroxylation sites is 1. The summed E-state index contributed by atoms with van der Waals surface area (Å²) < 4.78 is 0. The summed E-state index contributed by atoms with van der Waals surface area (Å²) in [4.78, 5) is 21.0. The Bertz CT molecular complexity index is 687. The molecule has 5 heteroatoms. The van der Waals surface area contributed by atoms with Crippen LogP contribution >= 0.6 is 0 Å². The maximum atomic E-state index is 12.4. The van der Waals surface area contributed by atoms with E-state index >= 15 is 0 Å². The van der Waals surface area contributed by atoms with Gasteiger partial charge in [-0.15, -0.1) is 0 Å². The minimum absolute atomic E-state index is 0.149. The Morgan fingerprint density at radius 2 is 2.14 bits per heavy atom. The molecule has 2 aromatic rings. The van der Waals surface area contributed by atoms with Gasteiger partial charge in [0.05, 0.1) is 23.8 Å². The number of carbonyl (C=O) groups excluding carboxylic acids is 1.